The van der Waals surface area contributed by atoms with E-state index in [0.29, 0.717) is 22.6 Å². The van der Waals surface area contributed by atoms with Gasteiger partial charge in [-0.15, -0.1) is 0 Å². The van der Waals surface area contributed by atoms with E-state index in [0.717, 1.165) is 17.5 Å². The van der Waals surface area contributed by atoms with Crippen LogP contribution in [0.25, 0.3) is 22.0 Å². The zero-order valence-electron chi connectivity index (χ0n) is 18.0. The number of nitrogens with zero attached hydrogens (tertiary/aromatic N) is 2. The minimum absolute atomic E-state index is 0.117. The van der Waals surface area contributed by atoms with E-state index in [1.165, 1.54) is 38.2 Å². The summed E-state index contributed by atoms with van der Waals surface area (Å²) in [4.78, 5) is 17.4. The Balaban J connectivity index is 1.67. The fourth-order valence-electron chi connectivity index (χ4n) is 4.32. The Labute approximate surface area is 176 Å². The third-order valence-electron chi connectivity index (χ3n) is 6.49. The second-order valence-electron chi connectivity index (χ2n) is 8.84. The molecule has 0 saturated heterocycles. The van der Waals surface area contributed by atoms with Gasteiger partial charge in [0, 0.05) is 37.2 Å². The van der Waals surface area contributed by atoms with Gasteiger partial charge in [-0.05, 0) is 62.3 Å². The van der Waals surface area contributed by atoms with E-state index in [4.69, 9.17) is 4.74 Å². The Morgan fingerprint density at radius 3 is 2.60 bits per heavy atom. The van der Waals surface area contributed by atoms with Crippen molar-refractivity contribution in [1.82, 2.24) is 9.55 Å². The fourth-order valence-corrected chi connectivity index (χ4v) is 4.32. The molecule has 0 radical (unpaired) electrons. The second kappa shape index (κ2) is 8.31. The molecule has 1 fully saturated rings. The molecule has 4 rings (SSSR count). The first-order valence-corrected chi connectivity index (χ1v) is 10.7. The van der Waals surface area contributed by atoms with Crippen LogP contribution in [-0.2, 0) is 16.9 Å². The van der Waals surface area contributed by atoms with Crippen LogP contribution in [0.3, 0.4) is 0 Å². The molecule has 1 saturated carbocycles. The molecule has 0 atom stereocenters. The molecule has 1 aliphatic carbocycles. The topological polar surface area (TPSA) is 44.1 Å². The highest BCUT2D eigenvalue weighted by atomic mass is 19.1. The summed E-state index contributed by atoms with van der Waals surface area (Å²) >= 11 is 0. The van der Waals surface area contributed by atoms with Crippen LogP contribution >= 0.6 is 0 Å². The molecule has 0 amide bonds. The van der Waals surface area contributed by atoms with E-state index in [9.17, 15) is 9.18 Å². The van der Waals surface area contributed by atoms with E-state index in [1.807, 2.05) is 32.2 Å². The molecule has 1 aliphatic rings. The van der Waals surface area contributed by atoms with Crippen LogP contribution in [0.2, 0.25) is 0 Å². The first-order chi connectivity index (χ1) is 14.4. The maximum absolute atomic E-state index is 15.0. The van der Waals surface area contributed by atoms with Crippen molar-refractivity contribution in [2.24, 2.45) is 5.92 Å². The van der Waals surface area contributed by atoms with E-state index in [-0.39, 0.29) is 5.56 Å². The van der Waals surface area contributed by atoms with E-state index in [1.54, 1.807) is 30.0 Å². The molecule has 0 unspecified atom stereocenters. The number of pyridine rings is 2. The number of benzene rings is 1. The minimum Gasteiger partial charge on any atom is -0.374 e. The van der Waals surface area contributed by atoms with E-state index >= 15 is 0 Å². The van der Waals surface area contributed by atoms with Gasteiger partial charge < -0.3 is 9.30 Å². The van der Waals surface area contributed by atoms with Crippen LogP contribution in [-0.4, -0.2) is 16.7 Å². The number of fused-ring (bicyclic) bond motifs is 1. The largest absolute Gasteiger partial charge is 0.374 e. The number of aromatic nitrogens is 2. The van der Waals surface area contributed by atoms with Crippen molar-refractivity contribution in [2.75, 3.05) is 7.11 Å². The number of methoxy groups -OCH3 is 1. The van der Waals surface area contributed by atoms with Crippen LogP contribution < -0.4 is 5.56 Å². The molecule has 30 heavy (non-hydrogen) atoms. The monoisotopic (exact) mass is 408 g/mol. The summed E-state index contributed by atoms with van der Waals surface area (Å²) in [6.07, 6.45) is 9.65. The molecule has 0 bridgehead atoms. The predicted molar refractivity (Wildman–Crippen MR) is 118 cm³/mol. The van der Waals surface area contributed by atoms with Gasteiger partial charge in [-0.1, -0.05) is 25.3 Å². The van der Waals surface area contributed by atoms with Crippen LogP contribution in [0, 0.1) is 11.7 Å². The summed E-state index contributed by atoms with van der Waals surface area (Å²) < 4.78 is 22.2. The highest BCUT2D eigenvalue weighted by molar-refractivity contribution is 5.86. The molecular weight excluding hydrogens is 379 g/mol. The van der Waals surface area contributed by atoms with Gasteiger partial charge in [0.1, 0.15) is 5.82 Å². The summed E-state index contributed by atoms with van der Waals surface area (Å²) in [5.74, 6) is 0.110. The summed E-state index contributed by atoms with van der Waals surface area (Å²) in [5, 5.41) is 1.16. The first kappa shape index (κ1) is 20.7. The predicted octanol–water partition coefficient (Wildman–Crippen LogP) is 5.66. The average molecular weight is 409 g/mol. The van der Waals surface area contributed by atoms with Gasteiger partial charge in [-0.3, -0.25) is 9.78 Å². The molecule has 5 heteroatoms. The third-order valence-corrected chi connectivity index (χ3v) is 6.49. The summed E-state index contributed by atoms with van der Waals surface area (Å²) in [7, 11) is 1.65. The standard InChI is InChI=1S/C25H29FN2O2/c1-25(2,30-3)19-9-10-23(27-15-19)21-13-18-11-12-28(16-17-7-5-4-6-8-17)24(29)20(18)14-22(21)26/h9-15,17H,4-8,16H2,1-3H3. The van der Waals surface area contributed by atoms with Gasteiger partial charge in [0.15, 0.2) is 0 Å². The van der Waals surface area contributed by atoms with Crippen molar-refractivity contribution >= 4 is 10.8 Å². The zero-order chi connectivity index (χ0) is 21.3. The summed E-state index contributed by atoms with van der Waals surface area (Å²) in [5.41, 5.74) is 1.27. The average Bonchev–Trinajstić information content (AvgIpc) is 2.76. The lowest BCUT2D eigenvalue weighted by molar-refractivity contribution is 0.0189. The number of hydrogen-bond donors (Lipinski definition) is 0. The number of hydrogen-bond acceptors (Lipinski definition) is 3. The van der Waals surface area contributed by atoms with Crippen molar-refractivity contribution in [1.29, 1.82) is 0 Å². The summed E-state index contributed by atoms with van der Waals surface area (Å²) in [6, 6.07) is 8.69. The quantitative estimate of drug-likeness (QED) is 0.547. The van der Waals surface area contributed by atoms with Crippen LogP contribution in [0.15, 0.2) is 47.5 Å². The fraction of sp³-hybridized carbons (Fsp3) is 0.440. The lowest BCUT2D eigenvalue weighted by atomic mass is 9.89. The highest BCUT2D eigenvalue weighted by Crippen LogP contribution is 2.29. The van der Waals surface area contributed by atoms with Crippen LogP contribution in [0.4, 0.5) is 4.39 Å². The van der Waals surface area contributed by atoms with Gasteiger partial charge in [-0.2, -0.15) is 0 Å². The van der Waals surface area contributed by atoms with Crippen molar-refractivity contribution in [3.63, 3.8) is 0 Å². The zero-order valence-corrected chi connectivity index (χ0v) is 18.0. The normalized spacial score (nSPS) is 15.6. The van der Waals surface area contributed by atoms with Crippen molar-refractivity contribution in [3.8, 4) is 11.3 Å². The molecule has 3 aromatic rings. The van der Waals surface area contributed by atoms with Gasteiger partial charge in [0.05, 0.1) is 16.7 Å². The molecule has 4 nitrogen and oxygen atoms in total. The van der Waals surface area contributed by atoms with E-state index < -0.39 is 11.4 Å². The summed E-state index contributed by atoms with van der Waals surface area (Å²) in [6.45, 7) is 4.63. The van der Waals surface area contributed by atoms with Crippen molar-refractivity contribution < 1.29 is 9.13 Å². The number of rotatable bonds is 5. The van der Waals surface area contributed by atoms with Crippen molar-refractivity contribution in [2.45, 2.75) is 58.1 Å². The van der Waals surface area contributed by atoms with E-state index in [2.05, 4.69) is 4.98 Å². The molecular formula is C25H29FN2O2. The maximum atomic E-state index is 15.0. The molecule has 0 N–H and O–H groups in total. The third kappa shape index (κ3) is 4.04. The number of halogens is 1. The SMILES string of the molecule is COC(C)(C)c1ccc(-c2cc3ccn(CC4CCCCC4)c(=O)c3cc2F)nc1. The van der Waals surface area contributed by atoms with Crippen molar-refractivity contribution in [3.05, 3.63) is 64.5 Å². The lowest BCUT2D eigenvalue weighted by Crippen LogP contribution is -2.24. The van der Waals surface area contributed by atoms with Crippen LogP contribution in [0.5, 0.6) is 0 Å². The van der Waals surface area contributed by atoms with Gasteiger partial charge >= 0.3 is 0 Å². The smallest absolute Gasteiger partial charge is 0.258 e. The molecule has 0 aliphatic heterocycles. The Hall–Kier alpha value is -2.53. The lowest BCUT2D eigenvalue weighted by Gasteiger charge is -2.23. The molecule has 1 aromatic carbocycles. The van der Waals surface area contributed by atoms with Gasteiger partial charge in [0.2, 0.25) is 0 Å². The van der Waals surface area contributed by atoms with Gasteiger partial charge in [-0.25, -0.2) is 4.39 Å². The van der Waals surface area contributed by atoms with Gasteiger partial charge in [0.25, 0.3) is 5.56 Å². The molecule has 2 aromatic heterocycles. The Kier molecular flexibility index (Phi) is 5.74. The minimum atomic E-state index is -0.461. The van der Waals surface area contributed by atoms with Crippen LogP contribution in [0.1, 0.15) is 51.5 Å². The molecule has 2 heterocycles. The Morgan fingerprint density at radius 2 is 1.93 bits per heavy atom. The second-order valence-corrected chi connectivity index (χ2v) is 8.84. The Bertz CT molecular complexity index is 1100. The first-order valence-electron chi connectivity index (χ1n) is 10.7. The Morgan fingerprint density at radius 1 is 1.17 bits per heavy atom. The number of ether oxygens (including phenoxy) is 1. The molecule has 158 valence electrons. The molecule has 0 spiro atoms. The highest BCUT2D eigenvalue weighted by Gasteiger charge is 2.20. The maximum Gasteiger partial charge on any atom is 0.258 e.